The van der Waals surface area contributed by atoms with Crippen LogP contribution in [0.4, 0.5) is 0 Å². The Bertz CT molecular complexity index is 265. The summed E-state index contributed by atoms with van der Waals surface area (Å²) in [4.78, 5) is 14.2. The Morgan fingerprint density at radius 3 is 2.58 bits per heavy atom. The third kappa shape index (κ3) is 5.89. The van der Waals surface area contributed by atoms with Crippen molar-refractivity contribution >= 4 is 5.97 Å². The second-order valence-corrected chi connectivity index (χ2v) is 5.41. The molecule has 1 atom stereocenters. The number of esters is 1. The van der Waals surface area contributed by atoms with Crippen LogP contribution < -0.4 is 5.32 Å². The molecular weight excluding hydrogens is 244 g/mol. The lowest BCUT2D eigenvalue weighted by molar-refractivity contribution is -0.146. The molecule has 1 N–H and O–H groups in total. The van der Waals surface area contributed by atoms with Gasteiger partial charge in [-0.25, -0.2) is 0 Å². The first-order chi connectivity index (χ1) is 9.04. The molecule has 0 saturated carbocycles. The average molecular weight is 272 g/mol. The fraction of sp³-hybridized carbons (Fsp3) is 0.929. The number of rotatable bonds is 7. The summed E-state index contributed by atoms with van der Waals surface area (Å²) >= 11 is 0. The molecule has 0 aromatic heterocycles. The van der Waals surface area contributed by atoms with E-state index in [2.05, 4.69) is 17.3 Å². The van der Waals surface area contributed by atoms with E-state index in [-0.39, 0.29) is 18.1 Å². The first-order valence-corrected chi connectivity index (χ1v) is 7.25. The van der Waals surface area contributed by atoms with Gasteiger partial charge in [-0.05, 0) is 26.8 Å². The summed E-state index contributed by atoms with van der Waals surface area (Å²) in [6.07, 6.45) is 2.07. The second-order valence-electron chi connectivity index (χ2n) is 5.41. The fourth-order valence-corrected chi connectivity index (χ4v) is 2.40. The Balaban J connectivity index is 2.51. The Labute approximate surface area is 116 Å². The van der Waals surface area contributed by atoms with Crippen molar-refractivity contribution in [2.75, 3.05) is 33.4 Å². The molecule has 112 valence electrons. The molecule has 19 heavy (non-hydrogen) atoms. The van der Waals surface area contributed by atoms with Gasteiger partial charge in [-0.15, -0.1) is 0 Å². The number of likely N-dealkylation sites (N-methyl/N-ethyl adjacent to an activating group) is 1. The lowest BCUT2D eigenvalue weighted by atomic mass is 10.1. The molecule has 5 nitrogen and oxygen atoms in total. The van der Waals surface area contributed by atoms with E-state index in [1.54, 1.807) is 0 Å². The topological polar surface area (TPSA) is 50.8 Å². The van der Waals surface area contributed by atoms with E-state index in [1.165, 1.54) is 0 Å². The summed E-state index contributed by atoms with van der Waals surface area (Å²) in [6.45, 7) is 8.67. The molecule has 0 bridgehead atoms. The van der Waals surface area contributed by atoms with Crippen molar-refractivity contribution in [2.24, 2.45) is 0 Å². The molecule has 0 amide bonds. The third-order valence-electron chi connectivity index (χ3n) is 3.39. The van der Waals surface area contributed by atoms with Gasteiger partial charge in [0.1, 0.15) is 6.04 Å². The summed E-state index contributed by atoms with van der Waals surface area (Å²) in [5.41, 5.74) is 0. The van der Waals surface area contributed by atoms with E-state index < -0.39 is 0 Å². The smallest absolute Gasteiger partial charge is 0.324 e. The third-order valence-corrected chi connectivity index (χ3v) is 3.39. The van der Waals surface area contributed by atoms with Crippen molar-refractivity contribution in [1.29, 1.82) is 0 Å². The van der Waals surface area contributed by atoms with Gasteiger partial charge in [-0.1, -0.05) is 13.8 Å². The minimum atomic E-state index is -0.257. The summed E-state index contributed by atoms with van der Waals surface area (Å²) in [5, 5.41) is 3.29. The van der Waals surface area contributed by atoms with Gasteiger partial charge in [-0.3, -0.25) is 4.79 Å². The van der Waals surface area contributed by atoms with Crippen molar-refractivity contribution in [1.82, 2.24) is 10.2 Å². The number of hydrogen-bond acceptors (Lipinski definition) is 5. The predicted molar refractivity (Wildman–Crippen MR) is 75.2 cm³/mol. The number of ether oxygens (including phenoxy) is 2. The zero-order chi connectivity index (χ0) is 14.3. The van der Waals surface area contributed by atoms with Crippen LogP contribution in [0.2, 0.25) is 0 Å². The number of nitrogens with one attached hydrogen (secondary N) is 1. The zero-order valence-corrected chi connectivity index (χ0v) is 12.6. The fourth-order valence-electron chi connectivity index (χ4n) is 2.40. The molecule has 0 radical (unpaired) electrons. The van der Waals surface area contributed by atoms with Crippen LogP contribution in [-0.4, -0.2) is 62.4 Å². The summed E-state index contributed by atoms with van der Waals surface area (Å²) in [5.74, 6) is -0.157. The highest BCUT2D eigenvalue weighted by atomic mass is 16.5. The molecule has 0 aromatic rings. The van der Waals surface area contributed by atoms with Crippen molar-refractivity contribution < 1.29 is 14.3 Å². The van der Waals surface area contributed by atoms with Crippen LogP contribution in [0.25, 0.3) is 0 Å². The van der Waals surface area contributed by atoms with Gasteiger partial charge in [-0.2, -0.15) is 0 Å². The maximum atomic E-state index is 12.0. The lowest BCUT2D eigenvalue weighted by Crippen LogP contribution is -2.51. The maximum absolute atomic E-state index is 12.0. The lowest BCUT2D eigenvalue weighted by Gasteiger charge is -2.33. The largest absolute Gasteiger partial charge is 0.465 e. The standard InChI is InChI=1S/C14H28N2O3/c1-5-19-14(17)13(15-11(2)3)10-16(4)12-6-8-18-9-7-12/h11-13,15H,5-10H2,1-4H3. The van der Waals surface area contributed by atoms with Crippen LogP contribution in [0.1, 0.15) is 33.6 Å². The summed E-state index contributed by atoms with van der Waals surface area (Å²) < 4.78 is 10.5. The molecule has 5 heteroatoms. The summed E-state index contributed by atoms with van der Waals surface area (Å²) in [6, 6.07) is 0.505. The molecule has 1 unspecified atom stereocenters. The van der Waals surface area contributed by atoms with Crippen LogP contribution in [0, 0.1) is 0 Å². The molecule has 0 aliphatic carbocycles. The van der Waals surface area contributed by atoms with Crippen molar-refractivity contribution in [2.45, 2.75) is 51.7 Å². The summed E-state index contributed by atoms with van der Waals surface area (Å²) in [7, 11) is 2.07. The van der Waals surface area contributed by atoms with Crippen LogP contribution in [-0.2, 0) is 14.3 Å². The quantitative estimate of drug-likeness (QED) is 0.702. The normalized spacial score (nSPS) is 18.8. The number of hydrogen-bond donors (Lipinski definition) is 1. The molecule has 1 fully saturated rings. The highest BCUT2D eigenvalue weighted by Gasteiger charge is 2.26. The van der Waals surface area contributed by atoms with Gasteiger partial charge >= 0.3 is 5.97 Å². The van der Waals surface area contributed by atoms with E-state index >= 15 is 0 Å². The van der Waals surface area contributed by atoms with E-state index in [0.29, 0.717) is 19.2 Å². The Morgan fingerprint density at radius 1 is 1.42 bits per heavy atom. The minimum Gasteiger partial charge on any atom is -0.465 e. The highest BCUT2D eigenvalue weighted by Crippen LogP contribution is 2.13. The van der Waals surface area contributed by atoms with Crippen LogP contribution in [0.15, 0.2) is 0 Å². The van der Waals surface area contributed by atoms with Crippen molar-refractivity contribution in [3.05, 3.63) is 0 Å². The second kappa shape index (κ2) is 8.51. The number of carbonyl (C=O) groups excluding carboxylic acids is 1. The van der Waals surface area contributed by atoms with Crippen molar-refractivity contribution in [3.8, 4) is 0 Å². The number of carbonyl (C=O) groups is 1. The van der Waals surface area contributed by atoms with Crippen LogP contribution >= 0.6 is 0 Å². The molecule has 0 aromatic carbocycles. The first-order valence-electron chi connectivity index (χ1n) is 7.25. The minimum absolute atomic E-state index is 0.157. The maximum Gasteiger partial charge on any atom is 0.324 e. The Hall–Kier alpha value is -0.650. The van der Waals surface area contributed by atoms with Gasteiger partial charge in [0.15, 0.2) is 0 Å². The van der Waals surface area contributed by atoms with Gasteiger partial charge in [0.05, 0.1) is 6.61 Å². The molecular formula is C14H28N2O3. The van der Waals surface area contributed by atoms with Gasteiger partial charge in [0, 0.05) is 31.8 Å². The zero-order valence-electron chi connectivity index (χ0n) is 12.6. The Morgan fingerprint density at radius 2 is 2.05 bits per heavy atom. The van der Waals surface area contributed by atoms with E-state index in [1.807, 2.05) is 20.8 Å². The van der Waals surface area contributed by atoms with Gasteiger partial charge < -0.3 is 19.7 Å². The highest BCUT2D eigenvalue weighted by molar-refractivity contribution is 5.76. The van der Waals surface area contributed by atoms with Gasteiger partial charge in [0.25, 0.3) is 0 Å². The molecule has 1 rings (SSSR count). The SMILES string of the molecule is CCOC(=O)C(CN(C)C1CCOCC1)NC(C)C. The Kier molecular flexibility index (Phi) is 7.34. The monoisotopic (exact) mass is 272 g/mol. The predicted octanol–water partition coefficient (Wildman–Crippen LogP) is 1.03. The molecule has 1 heterocycles. The van der Waals surface area contributed by atoms with Crippen LogP contribution in [0.3, 0.4) is 0 Å². The van der Waals surface area contributed by atoms with Crippen LogP contribution in [0.5, 0.6) is 0 Å². The van der Waals surface area contributed by atoms with E-state index in [4.69, 9.17) is 9.47 Å². The molecule has 0 spiro atoms. The molecule has 1 aliphatic rings. The molecule has 1 saturated heterocycles. The molecule has 1 aliphatic heterocycles. The number of nitrogens with zero attached hydrogens (tertiary/aromatic N) is 1. The van der Waals surface area contributed by atoms with Crippen molar-refractivity contribution in [3.63, 3.8) is 0 Å². The van der Waals surface area contributed by atoms with E-state index in [9.17, 15) is 4.79 Å². The first kappa shape index (κ1) is 16.4. The van der Waals surface area contributed by atoms with E-state index in [0.717, 1.165) is 26.1 Å². The van der Waals surface area contributed by atoms with Gasteiger partial charge in [0.2, 0.25) is 0 Å². The average Bonchev–Trinajstić information content (AvgIpc) is 2.38.